The maximum absolute atomic E-state index is 13.9. The second-order valence-corrected chi connectivity index (χ2v) is 10.4. The quantitative estimate of drug-likeness (QED) is 0.347. The summed E-state index contributed by atoms with van der Waals surface area (Å²) in [5, 5.41) is 3.43. The minimum atomic E-state index is -0.486. The van der Waals surface area contributed by atoms with Crippen molar-refractivity contribution in [3.05, 3.63) is 118 Å². The van der Waals surface area contributed by atoms with E-state index in [0.29, 0.717) is 41.9 Å². The third-order valence-electron chi connectivity index (χ3n) is 7.80. The zero-order valence-corrected chi connectivity index (χ0v) is 23.5. The lowest BCUT2D eigenvalue weighted by Crippen LogP contribution is -2.36. The third-order valence-corrected chi connectivity index (χ3v) is 7.80. The van der Waals surface area contributed by atoms with Gasteiger partial charge in [-0.05, 0) is 55.0 Å². The number of ether oxygens (including phenoxy) is 3. The maximum Gasteiger partial charge on any atom is 0.336 e. The van der Waals surface area contributed by atoms with Crippen molar-refractivity contribution in [1.29, 1.82) is 0 Å². The molecule has 2 aliphatic rings. The van der Waals surface area contributed by atoms with Crippen LogP contribution >= 0.6 is 0 Å². The Morgan fingerprint density at radius 1 is 0.875 bits per heavy atom. The number of carbonyl (C=O) groups is 2. The Kier molecular flexibility index (Phi) is 8.06. The van der Waals surface area contributed by atoms with Crippen LogP contribution in [0, 0.1) is 6.92 Å². The summed E-state index contributed by atoms with van der Waals surface area (Å²) >= 11 is 0. The smallest absolute Gasteiger partial charge is 0.336 e. The van der Waals surface area contributed by atoms with Crippen molar-refractivity contribution in [2.75, 3.05) is 20.8 Å². The summed E-state index contributed by atoms with van der Waals surface area (Å²) in [6.45, 7) is 4.18. The predicted molar refractivity (Wildman–Crippen MR) is 154 cm³/mol. The molecule has 1 aliphatic carbocycles. The van der Waals surface area contributed by atoms with Crippen molar-refractivity contribution in [3.8, 4) is 11.5 Å². The first-order valence-corrected chi connectivity index (χ1v) is 13.6. The molecule has 0 aromatic heterocycles. The highest BCUT2D eigenvalue weighted by Gasteiger charge is 2.41. The summed E-state index contributed by atoms with van der Waals surface area (Å²) in [5.74, 6) is 0.411. The van der Waals surface area contributed by atoms with Gasteiger partial charge in [-0.1, -0.05) is 66.2 Å². The van der Waals surface area contributed by atoms with Crippen LogP contribution in [-0.4, -0.2) is 32.6 Å². The van der Waals surface area contributed by atoms with Gasteiger partial charge in [-0.15, -0.1) is 0 Å². The van der Waals surface area contributed by atoms with Crippen LogP contribution < -0.4 is 14.8 Å². The molecular weight excluding hydrogens is 502 g/mol. The van der Waals surface area contributed by atoms with Crippen LogP contribution in [0.5, 0.6) is 11.5 Å². The van der Waals surface area contributed by atoms with Crippen molar-refractivity contribution in [2.24, 2.45) is 0 Å². The lowest BCUT2D eigenvalue weighted by atomic mass is 9.71. The highest BCUT2D eigenvalue weighted by atomic mass is 16.5. The van der Waals surface area contributed by atoms with E-state index in [1.54, 1.807) is 14.2 Å². The zero-order valence-electron chi connectivity index (χ0n) is 23.5. The molecule has 0 saturated heterocycles. The highest BCUT2D eigenvalue weighted by Crippen LogP contribution is 2.46. The summed E-state index contributed by atoms with van der Waals surface area (Å²) in [5.41, 5.74) is 6.87. The number of methoxy groups -OCH3 is 2. The molecule has 1 N–H and O–H groups in total. The van der Waals surface area contributed by atoms with Crippen molar-refractivity contribution >= 4 is 11.8 Å². The maximum atomic E-state index is 13.9. The van der Waals surface area contributed by atoms with E-state index >= 15 is 0 Å². The lowest BCUT2D eigenvalue weighted by molar-refractivity contribution is -0.139. The number of hydrogen-bond acceptors (Lipinski definition) is 6. The van der Waals surface area contributed by atoms with E-state index in [9.17, 15) is 9.59 Å². The predicted octanol–water partition coefficient (Wildman–Crippen LogP) is 6.16. The molecule has 6 heteroatoms. The molecule has 1 aliphatic heterocycles. The third kappa shape index (κ3) is 5.53. The van der Waals surface area contributed by atoms with Crippen LogP contribution in [-0.2, 0) is 20.7 Å². The van der Waals surface area contributed by atoms with Crippen LogP contribution in [0.25, 0.3) is 0 Å². The fourth-order valence-corrected chi connectivity index (χ4v) is 5.73. The van der Waals surface area contributed by atoms with Crippen LogP contribution in [0.15, 0.2) is 95.3 Å². The van der Waals surface area contributed by atoms with Crippen molar-refractivity contribution < 1.29 is 23.8 Å². The first-order chi connectivity index (χ1) is 19.4. The molecule has 0 amide bonds. The molecule has 40 heavy (non-hydrogen) atoms. The van der Waals surface area contributed by atoms with Crippen LogP contribution in [0.3, 0.4) is 0 Å². The summed E-state index contributed by atoms with van der Waals surface area (Å²) in [6, 6.07) is 23.8. The number of rotatable bonds is 8. The van der Waals surface area contributed by atoms with Crippen LogP contribution in [0.2, 0.25) is 0 Å². The number of carbonyl (C=O) groups excluding carboxylic acids is 2. The Labute approximate surface area is 235 Å². The average molecular weight is 538 g/mol. The summed E-state index contributed by atoms with van der Waals surface area (Å²) in [7, 11) is 3.22. The number of ketones is 1. The van der Waals surface area contributed by atoms with E-state index in [1.165, 1.54) is 0 Å². The number of hydrogen-bond donors (Lipinski definition) is 1. The molecule has 0 spiro atoms. The fraction of sp³-hybridized carbons (Fsp3) is 0.294. The molecule has 3 aromatic rings. The van der Waals surface area contributed by atoms with Gasteiger partial charge in [0.05, 0.1) is 26.4 Å². The zero-order chi connectivity index (χ0) is 28.2. The Morgan fingerprint density at radius 2 is 1.57 bits per heavy atom. The van der Waals surface area contributed by atoms with Gasteiger partial charge in [0.2, 0.25) is 0 Å². The van der Waals surface area contributed by atoms with E-state index in [0.717, 1.165) is 33.6 Å². The van der Waals surface area contributed by atoms with Gasteiger partial charge in [-0.3, -0.25) is 4.79 Å². The topological polar surface area (TPSA) is 73.9 Å². The van der Waals surface area contributed by atoms with Gasteiger partial charge in [-0.2, -0.15) is 0 Å². The minimum Gasteiger partial charge on any atom is -0.493 e. The second kappa shape index (κ2) is 11.8. The molecule has 0 saturated carbocycles. The first-order valence-electron chi connectivity index (χ1n) is 13.6. The molecule has 3 aromatic carbocycles. The lowest BCUT2D eigenvalue weighted by Gasteiger charge is -2.36. The standard InChI is InChI=1S/C34H35NO5/c1-21-10-12-24(13-11-21)32-31(34(37)40-17-16-23-8-6-5-7-9-23)22(2)35-27-18-26(19-28(36)33(27)32)25-14-15-29(38-3)30(20-25)39-4/h5-15,20,26,32,35H,16-19H2,1-4H3. The SMILES string of the molecule is COc1ccc(C2CC(=O)C3=C(C2)NC(C)=C(C(=O)OCCc2ccccc2)C3c2ccc(C)cc2)cc1OC. The molecule has 2 unspecified atom stereocenters. The molecule has 1 heterocycles. The van der Waals surface area contributed by atoms with Gasteiger partial charge in [0.25, 0.3) is 0 Å². The van der Waals surface area contributed by atoms with Gasteiger partial charge in [0.15, 0.2) is 17.3 Å². The van der Waals surface area contributed by atoms with E-state index < -0.39 is 11.9 Å². The molecule has 2 atom stereocenters. The Balaban J connectivity index is 1.46. The molecule has 5 rings (SSSR count). The number of Topliss-reactive ketones (excluding diaryl/α,β-unsaturated/α-hetero) is 1. The van der Waals surface area contributed by atoms with Crippen molar-refractivity contribution in [1.82, 2.24) is 5.32 Å². The first kappa shape index (κ1) is 27.3. The van der Waals surface area contributed by atoms with Crippen molar-refractivity contribution in [2.45, 2.75) is 44.9 Å². The van der Waals surface area contributed by atoms with Gasteiger partial charge in [-0.25, -0.2) is 4.79 Å². The molecule has 0 fully saturated rings. The molecule has 6 nitrogen and oxygen atoms in total. The highest BCUT2D eigenvalue weighted by molar-refractivity contribution is 6.04. The number of aryl methyl sites for hydroxylation is 1. The summed E-state index contributed by atoms with van der Waals surface area (Å²) in [4.78, 5) is 27.5. The van der Waals surface area contributed by atoms with E-state index in [-0.39, 0.29) is 18.3 Å². The number of allylic oxidation sites excluding steroid dienone is 3. The normalized spacial score (nSPS) is 18.6. The van der Waals surface area contributed by atoms with Gasteiger partial charge in [0.1, 0.15) is 0 Å². The molecule has 206 valence electrons. The average Bonchev–Trinajstić information content (AvgIpc) is 2.96. The van der Waals surface area contributed by atoms with Crippen LogP contribution in [0.4, 0.5) is 0 Å². The van der Waals surface area contributed by atoms with Gasteiger partial charge in [0, 0.05) is 35.7 Å². The summed E-state index contributed by atoms with van der Waals surface area (Å²) in [6.07, 6.45) is 1.61. The summed E-state index contributed by atoms with van der Waals surface area (Å²) < 4.78 is 16.7. The number of benzene rings is 3. The molecule has 0 radical (unpaired) electrons. The Bertz CT molecular complexity index is 1470. The van der Waals surface area contributed by atoms with E-state index in [4.69, 9.17) is 14.2 Å². The van der Waals surface area contributed by atoms with Crippen LogP contribution in [0.1, 0.15) is 53.9 Å². The van der Waals surface area contributed by atoms with E-state index in [2.05, 4.69) is 5.32 Å². The van der Waals surface area contributed by atoms with E-state index in [1.807, 2.05) is 86.6 Å². The van der Waals surface area contributed by atoms with Crippen molar-refractivity contribution in [3.63, 3.8) is 0 Å². The molecular formula is C34H35NO5. The Hall–Kier alpha value is -4.32. The number of esters is 1. The monoisotopic (exact) mass is 537 g/mol. The van der Waals surface area contributed by atoms with Gasteiger partial charge >= 0.3 is 5.97 Å². The van der Waals surface area contributed by atoms with Gasteiger partial charge < -0.3 is 19.5 Å². The number of dihydropyridines is 1. The minimum absolute atomic E-state index is 0.0237. The molecule has 0 bridgehead atoms. The second-order valence-electron chi connectivity index (χ2n) is 10.4. The largest absolute Gasteiger partial charge is 0.493 e. The fourth-order valence-electron chi connectivity index (χ4n) is 5.73. The Morgan fingerprint density at radius 3 is 2.27 bits per heavy atom. The number of nitrogens with one attached hydrogen (secondary N) is 1.